The molecule has 240 valence electrons. The lowest BCUT2D eigenvalue weighted by Gasteiger charge is -2.09. The third kappa shape index (κ3) is 3.93. The Morgan fingerprint density at radius 1 is 0.308 bits per heavy atom. The lowest BCUT2D eigenvalue weighted by molar-refractivity contribution is 1.36. The van der Waals surface area contributed by atoms with Crippen LogP contribution in [0.15, 0.2) is 176 Å². The van der Waals surface area contributed by atoms with Crippen molar-refractivity contribution in [3.05, 3.63) is 176 Å². The molecule has 0 spiro atoms. The van der Waals surface area contributed by atoms with Crippen LogP contribution in [0.2, 0.25) is 0 Å². The van der Waals surface area contributed by atoms with Gasteiger partial charge in [0.15, 0.2) is 0 Å². The Bertz CT molecular complexity index is 3460. The minimum atomic E-state index is 1.22. The summed E-state index contributed by atoms with van der Waals surface area (Å²) in [5, 5.41) is 15.4. The van der Waals surface area contributed by atoms with Gasteiger partial charge in [-0.3, -0.25) is 0 Å². The molecular formula is C50H29NS. The largest absolute Gasteiger partial charge is 0.308 e. The van der Waals surface area contributed by atoms with E-state index in [1.165, 1.54) is 113 Å². The van der Waals surface area contributed by atoms with E-state index in [1.807, 2.05) is 11.3 Å². The lowest BCUT2D eigenvalue weighted by Crippen LogP contribution is -1.86. The van der Waals surface area contributed by atoms with Crippen molar-refractivity contribution in [2.45, 2.75) is 0 Å². The molecule has 0 amide bonds. The minimum absolute atomic E-state index is 1.22. The molecule has 9 aromatic carbocycles. The van der Waals surface area contributed by atoms with Gasteiger partial charge in [-0.05, 0) is 108 Å². The van der Waals surface area contributed by atoms with E-state index in [0.717, 1.165) is 0 Å². The molecule has 1 nitrogen and oxygen atoms in total. The summed E-state index contributed by atoms with van der Waals surface area (Å²) in [4.78, 5) is 0. The second-order valence-electron chi connectivity index (χ2n) is 14.1. The molecule has 12 aromatic rings. The van der Waals surface area contributed by atoms with E-state index in [2.05, 4.69) is 180 Å². The van der Waals surface area contributed by atoms with Crippen LogP contribution in [-0.2, 0) is 0 Å². The van der Waals surface area contributed by atoms with Crippen LogP contribution in [-0.4, -0.2) is 4.40 Å². The van der Waals surface area contributed by atoms with Gasteiger partial charge in [-0.2, -0.15) is 0 Å². The molecule has 0 fully saturated rings. The summed E-state index contributed by atoms with van der Waals surface area (Å²) in [6.07, 6.45) is 0. The third-order valence-corrected chi connectivity index (χ3v) is 12.4. The number of aromatic nitrogens is 1. The first kappa shape index (κ1) is 28.2. The van der Waals surface area contributed by atoms with Crippen LogP contribution in [0.4, 0.5) is 0 Å². The topological polar surface area (TPSA) is 4.41 Å². The van der Waals surface area contributed by atoms with Crippen LogP contribution in [0.1, 0.15) is 0 Å². The molecule has 0 radical (unpaired) electrons. The molecule has 0 aliphatic carbocycles. The zero-order chi connectivity index (χ0) is 33.9. The van der Waals surface area contributed by atoms with E-state index in [9.17, 15) is 0 Å². The predicted molar refractivity (Wildman–Crippen MR) is 226 cm³/mol. The van der Waals surface area contributed by atoms with Crippen LogP contribution in [0.5, 0.6) is 0 Å². The highest BCUT2D eigenvalue weighted by Crippen LogP contribution is 2.46. The highest BCUT2D eigenvalue weighted by Gasteiger charge is 2.20. The van der Waals surface area contributed by atoms with E-state index >= 15 is 0 Å². The normalized spacial score (nSPS) is 12.2. The van der Waals surface area contributed by atoms with E-state index in [-0.39, 0.29) is 0 Å². The van der Waals surface area contributed by atoms with Crippen molar-refractivity contribution >= 4 is 102 Å². The Hall–Kier alpha value is -6.48. The zero-order valence-corrected chi connectivity index (χ0v) is 28.9. The summed E-state index contributed by atoms with van der Waals surface area (Å²) in [7, 11) is 0. The van der Waals surface area contributed by atoms with Gasteiger partial charge >= 0.3 is 0 Å². The van der Waals surface area contributed by atoms with Gasteiger partial charge < -0.3 is 4.40 Å². The second kappa shape index (κ2) is 10.5. The van der Waals surface area contributed by atoms with Crippen LogP contribution in [0, 0.1) is 0 Å². The van der Waals surface area contributed by atoms with Gasteiger partial charge in [0.1, 0.15) is 0 Å². The molecule has 12 rings (SSSR count). The number of hydrogen-bond acceptors (Lipinski definition) is 1. The van der Waals surface area contributed by atoms with Crippen molar-refractivity contribution in [1.29, 1.82) is 0 Å². The number of fused-ring (bicyclic) bond motifs is 10. The van der Waals surface area contributed by atoms with E-state index in [0.29, 0.717) is 0 Å². The first-order chi connectivity index (χ1) is 25.8. The van der Waals surface area contributed by atoms with Crippen LogP contribution in [0.25, 0.3) is 113 Å². The Morgan fingerprint density at radius 3 is 1.62 bits per heavy atom. The Labute approximate surface area is 303 Å². The monoisotopic (exact) mass is 675 g/mol. The maximum absolute atomic E-state index is 2.55. The quantitative estimate of drug-likeness (QED) is 0.172. The Balaban J connectivity index is 1.11. The molecule has 0 aliphatic heterocycles. The summed E-state index contributed by atoms with van der Waals surface area (Å²) >= 11 is 1.90. The minimum Gasteiger partial charge on any atom is -0.308 e. The number of thiophene rings is 1. The van der Waals surface area contributed by atoms with E-state index in [4.69, 9.17) is 0 Å². The van der Waals surface area contributed by atoms with Crippen molar-refractivity contribution in [3.63, 3.8) is 0 Å². The van der Waals surface area contributed by atoms with Gasteiger partial charge in [0.05, 0.1) is 16.6 Å². The fourth-order valence-electron chi connectivity index (χ4n) is 8.89. The smallest absolute Gasteiger partial charge is 0.0634 e. The summed E-state index contributed by atoms with van der Waals surface area (Å²) in [6.45, 7) is 0. The Kier molecular flexibility index (Phi) is 5.71. The fraction of sp³-hybridized carbons (Fsp3) is 0. The molecule has 3 heterocycles. The third-order valence-electron chi connectivity index (χ3n) is 11.3. The first-order valence-corrected chi connectivity index (χ1v) is 18.7. The molecule has 0 saturated heterocycles. The van der Waals surface area contributed by atoms with Gasteiger partial charge in [-0.15, -0.1) is 11.3 Å². The molecule has 0 saturated carbocycles. The zero-order valence-electron chi connectivity index (χ0n) is 28.1. The Morgan fingerprint density at radius 2 is 0.846 bits per heavy atom. The van der Waals surface area contributed by atoms with Crippen LogP contribution < -0.4 is 0 Å². The molecule has 0 N–H and O–H groups in total. The van der Waals surface area contributed by atoms with Gasteiger partial charge in [0.25, 0.3) is 0 Å². The van der Waals surface area contributed by atoms with Crippen molar-refractivity contribution in [2.75, 3.05) is 0 Å². The first-order valence-electron chi connectivity index (χ1n) is 17.9. The fourth-order valence-corrected chi connectivity index (χ4v) is 10.0. The number of rotatable bonds is 2. The molecule has 52 heavy (non-hydrogen) atoms. The second-order valence-corrected chi connectivity index (χ2v) is 15.2. The van der Waals surface area contributed by atoms with Gasteiger partial charge in [-0.25, -0.2) is 0 Å². The summed E-state index contributed by atoms with van der Waals surface area (Å²) in [5.41, 5.74) is 8.69. The van der Waals surface area contributed by atoms with E-state index < -0.39 is 0 Å². The summed E-state index contributed by atoms with van der Waals surface area (Å²) in [6, 6.07) is 65.6. The van der Waals surface area contributed by atoms with Crippen LogP contribution in [0.3, 0.4) is 0 Å². The number of benzene rings is 9. The van der Waals surface area contributed by atoms with Gasteiger partial charge in [0.2, 0.25) is 0 Å². The molecule has 0 bridgehead atoms. The standard InChI is InChI=1S/C50H29NS/c1-2-9-31-26-32(17-16-30(31)8-1)33-18-19-35-28-36(21-20-34(35)27-33)37-22-24-45-43(29-37)42-23-25-47-49-48-41(13-7-15-46(48)52-47)39-11-4-3-10-38(39)40-12-5-6-14-44(40)51(45)50(42)49/h1-29H. The van der Waals surface area contributed by atoms with E-state index in [1.54, 1.807) is 0 Å². The lowest BCUT2D eigenvalue weighted by atomic mass is 9.96. The van der Waals surface area contributed by atoms with Gasteiger partial charge in [0, 0.05) is 36.3 Å². The van der Waals surface area contributed by atoms with Gasteiger partial charge in [-0.1, -0.05) is 127 Å². The SMILES string of the molecule is c1ccc2cc(-c3ccc4cc(-c5ccc6c(c5)c5ccc7sc8cccc9c%10ccccc%10c%10ccccc%10n6c5c7c89)ccc4c3)ccc2c1. The average molecular weight is 676 g/mol. The number of hydrogen-bond donors (Lipinski definition) is 0. The highest BCUT2D eigenvalue weighted by molar-refractivity contribution is 7.26. The molecule has 0 aliphatic rings. The number of nitrogens with zero attached hydrogens (tertiary/aromatic N) is 1. The van der Waals surface area contributed by atoms with Crippen molar-refractivity contribution in [1.82, 2.24) is 4.40 Å². The highest BCUT2D eigenvalue weighted by atomic mass is 32.1. The van der Waals surface area contributed by atoms with Crippen molar-refractivity contribution < 1.29 is 0 Å². The summed E-state index contributed by atoms with van der Waals surface area (Å²) < 4.78 is 5.21. The van der Waals surface area contributed by atoms with Crippen molar-refractivity contribution in [2.24, 2.45) is 0 Å². The summed E-state index contributed by atoms with van der Waals surface area (Å²) in [5.74, 6) is 0. The molecule has 3 aromatic heterocycles. The predicted octanol–water partition coefficient (Wildman–Crippen LogP) is 14.6. The molecule has 0 atom stereocenters. The molecule has 0 unspecified atom stereocenters. The van der Waals surface area contributed by atoms with Crippen LogP contribution >= 0.6 is 11.3 Å². The maximum atomic E-state index is 2.55. The molecular weight excluding hydrogens is 647 g/mol. The number of para-hydroxylation sites is 1. The average Bonchev–Trinajstić information content (AvgIpc) is 3.76. The van der Waals surface area contributed by atoms with Crippen molar-refractivity contribution in [3.8, 4) is 22.3 Å². The molecule has 2 heteroatoms. The maximum Gasteiger partial charge on any atom is 0.0634 e.